The number of carbonyl (C=O) groups is 1. The first-order valence-electron chi connectivity index (χ1n) is 5.89. The highest BCUT2D eigenvalue weighted by atomic mass is 16.5. The summed E-state index contributed by atoms with van der Waals surface area (Å²) >= 11 is 0. The van der Waals surface area contributed by atoms with E-state index in [0.29, 0.717) is 28.3 Å². The van der Waals surface area contributed by atoms with Crippen LogP contribution in [0.4, 0.5) is 11.4 Å². The number of hydrogen-bond donors (Lipinski definition) is 2. The number of nitriles is 1. The number of methoxy groups -OCH3 is 1. The molecule has 0 saturated carbocycles. The van der Waals surface area contributed by atoms with E-state index in [4.69, 9.17) is 15.7 Å². The molecule has 0 bridgehead atoms. The fraction of sp³-hybridized carbons (Fsp3) is 0.0667. The molecule has 0 spiro atoms. The molecule has 2 aromatic rings. The number of carbonyl (C=O) groups excluding carboxylic acids is 1. The van der Waals surface area contributed by atoms with E-state index in [1.807, 2.05) is 6.07 Å². The van der Waals surface area contributed by atoms with Gasteiger partial charge in [0.05, 0.1) is 24.4 Å². The number of benzene rings is 2. The second-order valence-electron chi connectivity index (χ2n) is 4.10. The van der Waals surface area contributed by atoms with Gasteiger partial charge in [0.25, 0.3) is 5.91 Å². The van der Waals surface area contributed by atoms with E-state index in [2.05, 4.69) is 5.32 Å². The second-order valence-corrected chi connectivity index (χ2v) is 4.10. The largest absolute Gasteiger partial charge is 0.495 e. The third-order valence-electron chi connectivity index (χ3n) is 2.74. The maximum atomic E-state index is 12.1. The molecule has 0 aliphatic carbocycles. The third kappa shape index (κ3) is 2.87. The van der Waals surface area contributed by atoms with E-state index in [1.54, 1.807) is 36.4 Å². The Morgan fingerprint density at radius 1 is 1.30 bits per heavy atom. The van der Waals surface area contributed by atoms with Crippen molar-refractivity contribution in [1.82, 2.24) is 0 Å². The summed E-state index contributed by atoms with van der Waals surface area (Å²) in [5.74, 6) is 0.251. The van der Waals surface area contributed by atoms with Crippen LogP contribution in [-0.2, 0) is 0 Å². The molecule has 0 atom stereocenters. The summed E-state index contributed by atoms with van der Waals surface area (Å²) in [6, 6.07) is 13.5. The molecule has 1 amide bonds. The van der Waals surface area contributed by atoms with Crippen LogP contribution in [0.2, 0.25) is 0 Å². The highest BCUT2D eigenvalue weighted by Crippen LogP contribution is 2.24. The minimum Gasteiger partial charge on any atom is -0.495 e. The van der Waals surface area contributed by atoms with Crippen LogP contribution in [0.3, 0.4) is 0 Å². The van der Waals surface area contributed by atoms with Crippen molar-refractivity contribution in [2.45, 2.75) is 0 Å². The molecular formula is C15H13N3O2. The summed E-state index contributed by atoms with van der Waals surface area (Å²) in [6.45, 7) is 0. The Hall–Kier alpha value is -3.00. The molecule has 5 heteroatoms. The number of nitrogens with zero attached hydrogens (tertiary/aromatic N) is 1. The monoisotopic (exact) mass is 267 g/mol. The van der Waals surface area contributed by atoms with E-state index < -0.39 is 0 Å². The molecule has 5 nitrogen and oxygen atoms in total. The predicted octanol–water partition coefficient (Wildman–Crippen LogP) is 2.40. The summed E-state index contributed by atoms with van der Waals surface area (Å²) in [5, 5.41) is 11.5. The molecule has 0 aliphatic rings. The smallest absolute Gasteiger partial charge is 0.255 e. The van der Waals surface area contributed by atoms with E-state index in [-0.39, 0.29) is 5.91 Å². The Balaban J connectivity index is 2.19. The predicted molar refractivity (Wildman–Crippen MR) is 76.5 cm³/mol. The number of nitrogens with two attached hydrogens (primary N) is 1. The van der Waals surface area contributed by atoms with Gasteiger partial charge in [-0.15, -0.1) is 0 Å². The lowest BCUT2D eigenvalue weighted by Crippen LogP contribution is -2.12. The Kier molecular flexibility index (Phi) is 3.87. The Morgan fingerprint density at radius 2 is 2.10 bits per heavy atom. The minimum atomic E-state index is -0.299. The van der Waals surface area contributed by atoms with Crippen molar-refractivity contribution >= 4 is 17.3 Å². The number of nitrogen functional groups attached to an aromatic ring is 1. The molecule has 3 N–H and O–H groups in total. The average molecular weight is 267 g/mol. The third-order valence-corrected chi connectivity index (χ3v) is 2.74. The Labute approximate surface area is 116 Å². The Morgan fingerprint density at radius 3 is 2.75 bits per heavy atom. The molecule has 0 aromatic heterocycles. The van der Waals surface area contributed by atoms with Crippen LogP contribution in [0.5, 0.6) is 5.75 Å². The van der Waals surface area contributed by atoms with Gasteiger partial charge < -0.3 is 15.8 Å². The fourth-order valence-electron chi connectivity index (χ4n) is 1.75. The molecule has 0 saturated heterocycles. The number of rotatable bonds is 3. The first-order valence-corrected chi connectivity index (χ1v) is 5.89. The molecule has 0 heterocycles. The molecule has 2 rings (SSSR count). The van der Waals surface area contributed by atoms with Gasteiger partial charge in [-0.2, -0.15) is 5.26 Å². The molecule has 0 aliphatic heterocycles. The van der Waals surface area contributed by atoms with Gasteiger partial charge in [0.1, 0.15) is 5.75 Å². The highest BCUT2D eigenvalue weighted by molar-refractivity contribution is 6.04. The van der Waals surface area contributed by atoms with Crippen molar-refractivity contribution < 1.29 is 9.53 Å². The lowest BCUT2D eigenvalue weighted by molar-refractivity contribution is 0.102. The van der Waals surface area contributed by atoms with E-state index in [1.165, 1.54) is 13.2 Å². The molecule has 20 heavy (non-hydrogen) atoms. The average Bonchev–Trinajstić information content (AvgIpc) is 2.47. The van der Waals surface area contributed by atoms with Crippen molar-refractivity contribution in [3.05, 3.63) is 53.6 Å². The van der Waals surface area contributed by atoms with Crippen LogP contribution in [0.15, 0.2) is 42.5 Å². The fourth-order valence-corrected chi connectivity index (χ4v) is 1.75. The molecule has 0 radical (unpaired) electrons. The number of nitrogens with one attached hydrogen (secondary N) is 1. The minimum absolute atomic E-state index is 0.299. The van der Waals surface area contributed by atoms with E-state index >= 15 is 0 Å². The van der Waals surface area contributed by atoms with Gasteiger partial charge in [-0.05, 0) is 36.4 Å². The second kappa shape index (κ2) is 5.76. The summed E-state index contributed by atoms with van der Waals surface area (Å²) in [6.07, 6.45) is 0. The first kappa shape index (κ1) is 13.4. The lowest BCUT2D eigenvalue weighted by atomic mass is 10.1. The lowest BCUT2D eigenvalue weighted by Gasteiger charge is -2.09. The number of anilines is 2. The van der Waals surface area contributed by atoms with Gasteiger partial charge in [0, 0.05) is 11.3 Å². The van der Waals surface area contributed by atoms with Crippen molar-refractivity contribution in [2.75, 3.05) is 18.2 Å². The van der Waals surface area contributed by atoms with Gasteiger partial charge in [0.15, 0.2) is 0 Å². The SMILES string of the molecule is COc1ccc(NC(=O)c2cccc(C#N)c2)cc1N. The maximum absolute atomic E-state index is 12.1. The van der Waals surface area contributed by atoms with Crippen LogP contribution < -0.4 is 15.8 Å². The molecular weight excluding hydrogens is 254 g/mol. The zero-order valence-corrected chi connectivity index (χ0v) is 10.9. The van der Waals surface area contributed by atoms with Crippen LogP contribution >= 0.6 is 0 Å². The summed E-state index contributed by atoms with van der Waals surface area (Å²) in [5.41, 5.74) is 7.63. The topological polar surface area (TPSA) is 88.1 Å². The maximum Gasteiger partial charge on any atom is 0.255 e. The van der Waals surface area contributed by atoms with Crippen LogP contribution in [0.1, 0.15) is 15.9 Å². The Bertz CT molecular complexity index is 690. The van der Waals surface area contributed by atoms with Gasteiger partial charge in [0.2, 0.25) is 0 Å². The highest BCUT2D eigenvalue weighted by Gasteiger charge is 2.08. The standard InChI is InChI=1S/C15H13N3O2/c1-20-14-6-5-12(8-13(14)17)18-15(19)11-4-2-3-10(7-11)9-16/h2-8H,17H2,1H3,(H,18,19). The van der Waals surface area contributed by atoms with Crippen molar-refractivity contribution in [3.63, 3.8) is 0 Å². The van der Waals surface area contributed by atoms with Crippen LogP contribution in [0.25, 0.3) is 0 Å². The van der Waals surface area contributed by atoms with Crippen molar-refractivity contribution in [1.29, 1.82) is 5.26 Å². The van der Waals surface area contributed by atoms with Gasteiger partial charge >= 0.3 is 0 Å². The van der Waals surface area contributed by atoms with Gasteiger partial charge in [-0.25, -0.2) is 0 Å². The summed E-state index contributed by atoms with van der Waals surface area (Å²) < 4.78 is 5.05. The van der Waals surface area contributed by atoms with Crippen molar-refractivity contribution in [3.8, 4) is 11.8 Å². The van der Waals surface area contributed by atoms with Crippen LogP contribution in [0, 0.1) is 11.3 Å². The van der Waals surface area contributed by atoms with Gasteiger partial charge in [-0.1, -0.05) is 6.07 Å². The summed E-state index contributed by atoms with van der Waals surface area (Å²) in [7, 11) is 1.53. The zero-order valence-electron chi connectivity index (χ0n) is 10.9. The van der Waals surface area contributed by atoms with Gasteiger partial charge in [-0.3, -0.25) is 4.79 Å². The number of hydrogen-bond acceptors (Lipinski definition) is 4. The molecule has 100 valence electrons. The first-order chi connectivity index (χ1) is 9.63. The van der Waals surface area contributed by atoms with Crippen LogP contribution in [-0.4, -0.2) is 13.0 Å². The number of ether oxygens (including phenoxy) is 1. The summed E-state index contributed by atoms with van der Waals surface area (Å²) in [4.78, 5) is 12.1. The molecule has 0 fully saturated rings. The quantitative estimate of drug-likeness (QED) is 0.836. The normalized spacial score (nSPS) is 9.60. The van der Waals surface area contributed by atoms with E-state index in [9.17, 15) is 4.79 Å². The molecule has 0 unspecified atom stereocenters. The number of amides is 1. The zero-order chi connectivity index (χ0) is 14.5. The van der Waals surface area contributed by atoms with E-state index in [0.717, 1.165) is 0 Å². The molecule has 2 aromatic carbocycles. The van der Waals surface area contributed by atoms with Crippen molar-refractivity contribution in [2.24, 2.45) is 0 Å².